The lowest BCUT2D eigenvalue weighted by atomic mass is 10.1. The van der Waals surface area contributed by atoms with Crippen molar-refractivity contribution in [2.24, 2.45) is 10.9 Å². The zero-order chi connectivity index (χ0) is 20.4. The van der Waals surface area contributed by atoms with Crippen molar-refractivity contribution in [2.75, 3.05) is 31.6 Å². The second-order valence-electron chi connectivity index (χ2n) is 7.66. The number of halogens is 1. The van der Waals surface area contributed by atoms with E-state index in [2.05, 4.69) is 29.4 Å². The van der Waals surface area contributed by atoms with E-state index in [-0.39, 0.29) is 29.9 Å². The molecule has 1 aliphatic heterocycles. The molecule has 0 spiro atoms. The Morgan fingerprint density at radius 2 is 2.00 bits per heavy atom. The standard InChI is InChI=1S/C22H36N4O2.HI/c1-5-23-22(26-12-10-20(11-13-26)28-6-2)24-16-18-8-7-9-19(15-18)25-21(27)14-17(3)4;/h7-9,15,17,20H,5-6,10-14,16H2,1-4H3,(H,23,24)(H,25,27);1H. The molecule has 1 heterocycles. The maximum atomic E-state index is 12.0. The van der Waals surface area contributed by atoms with Crippen LogP contribution in [0, 0.1) is 5.92 Å². The van der Waals surface area contributed by atoms with E-state index in [0.717, 1.165) is 56.3 Å². The summed E-state index contributed by atoms with van der Waals surface area (Å²) in [4.78, 5) is 19.1. The largest absolute Gasteiger partial charge is 0.378 e. The molecular weight excluding hydrogens is 479 g/mol. The van der Waals surface area contributed by atoms with Gasteiger partial charge in [0.25, 0.3) is 0 Å². The molecule has 2 rings (SSSR count). The van der Waals surface area contributed by atoms with E-state index in [0.29, 0.717) is 25.0 Å². The van der Waals surface area contributed by atoms with Crippen LogP contribution < -0.4 is 10.6 Å². The maximum Gasteiger partial charge on any atom is 0.224 e. The zero-order valence-corrected chi connectivity index (χ0v) is 20.6. The number of carbonyl (C=O) groups excluding carboxylic acids is 1. The van der Waals surface area contributed by atoms with Crippen LogP contribution in [0.4, 0.5) is 5.69 Å². The Hall–Kier alpha value is -1.35. The molecule has 0 aromatic heterocycles. The Labute approximate surface area is 192 Å². The average Bonchev–Trinajstić information content (AvgIpc) is 2.66. The number of carbonyl (C=O) groups is 1. The lowest BCUT2D eigenvalue weighted by Crippen LogP contribution is -2.47. The molecule has 1 saturated heterocycles. The summed E-state index contributed by atoms with van der Waals surface area (Å²) < 4.78 is 5.75. The summed E-state index contributed by atoms with van der Waals surface area (Å²) in [6.07, 6.45) is 2.98. The SMILES string of the molecule is CCNC(=NCc1cccc(NC(=O)CC(C)C)c1)N1CCC(OCC)CC1.I. The van der Waals surface area contributed by atoms with Crippen molar-refractivity contribution in [3.05, 3.63) is 29.8 Å². The Balaban J connectivity index is 0.00000420. The van der Waals surface area contributed by atoms with Gasteiger partial charge in [0.2, 0.25) is 5.91 Å². The molecule has 0 atom stereocenters. The van der Waals surface area contributed by atoms with Crippen LogP contribution in [0.1, 0.15) is 52.5 Å². The minimum absolute atomic E-state index is 0. The lowest BCUT2D eigenvalue weighted by Gasteiger charge is -2.34. The Morgan fingerprint density at radius 3 is 2.62 bits per heavy atom. The number of rotatable bonds is 8. The summed E-state index contributed by atoms with van der Waals surface area (Å²) in [6.45, 7) is 12.4. The van der Waals surface area contributed by atoms with E-state index in [1.807, 2.05) is 38.1 Å². The van der Waals surface area contributed by atoms with Crippen LogP contribution in [-0.4, -0.2) is 49.1 Å². The predicted molar refractivity (Wildman–Crippen MR) is 131 cm³/mol. The number of hydrogen-bond donors (Lipinski definition) is 2. The summed E-state index contributed by atoms with van der Waals surface area (Å²) in [5.41, 5.74) is 1.92. The van der Waals surface area contributed by atoms with Gasteiger partial charge in [0.05, 0.1) is 12.6 Å². The molecule has 6 nitrogen and oxygen atoms in total. The first kappa shape index (κ1) is 25.7. The fourth-order valence-corrected chi connectivity index (χ4v) is 3.39. The quantitative estimate of drug-likeness (QED) is 0.308. The lowest BCUT2D eigenvalue weighted by molar-refractivity contribution is -0.116. The van der Waals surface area contributed by atoms with Crippen molar-refractivity contribution in [1.29, 1.82) is 0 Å². The first-order valence-corrected chi connectivity index (χ1v) is 10.6. The van der Waals surface area contributed by atoms with E-state index >= 15 is 0 Å². The fourth-order valence-electron chi connectivity index (χ4n) is 3.39. The van der Waals surface area contributed by atoms with Gasteiger partial charge in [0.1, 0.15) is 0 Å². The Bertz CT molecular complexity index is 643. The van der Waals surface area contributed by atoms with Crippen LogP contribution in [-0.2, 0) is 16.1 Å². The normalized spacial score (nSPS) is 15.2. The highest BCUT2D eigenvalue weighted by Gasteiger charge is 2.21. The van der Waals surface area contributed by atoms with E-state index in [1.54, 1.807) is 0 Å². The molecule has 1 aromatic carbocycles. The third-order valence-electron chi connectivity index (χ3n) is 4.69. The minimum Gasteiger partial charge on any atom is -0.378 e. The van der Waals surface area contributed by atoms with Gasteiger partial charge in [0, 0.05) is 38.3 Å². The topological polar surface area (TPSA) is 66.0 Å². The molecule has 29 heavy (non-hydrogen) atoms. The van der Waals surface area contributed by atoms with Gasteiger partial charge >= 0.3 is 0 Å². The van der Waals surface area contributed by atoms with Crippen molar-refractivity contribution < 1.29 is 9.53 Å². The molecule has 0 radical (unpaired) electrons. The number of benzene rings is 1. The molecule has 0 saturated carbocycles. The van der Waals surface area contributed by atoms with Crippen molar-refractivity contribution in [3.63, 3.8) is 0 Å². The number of aliphatic imine (C=N–C) groups is 1. The second kappa shape index (κ2) is 13.8. The highest BCUT2D eigenvalue weighted by Crippen LogP contribution is 2.16. The molecule has 1 amide bonds. The molecule has 0 unspecified atom stereocenters. The molecule has 1 fully saturated rings. The Morgan fingerprint density at radius 1 is 1.28 bits per heavy atom. The van der Waals surface area contributed by atoms with Crippen LogP contribution in [0.15, 0.2) is 29.3 Å². The van der Waals surface area contributed by atoms with E-state index in [9.17, 15) is 4.79 Å². The van der Waals surface area contributed by atoms with Gasteiger partial charge in [-0.05, 0) is 50.3 Å². The molecule has 164 valence electrons. The number of piperidine rings is 1. The molecule has 0 aliphatic carbocycles. The minimum atomic E-state index is 0. The fraction of sp³-hybridized carbons (Fsp3) is 0.636. The number of guanidine groups is 1. The van der Waals surface area contributed by atoms with Crippen molar-refractivity contribution in [2.45, 2.75) is 59.6 Å². The second-order valence-corrected chi connectivity index (χ2v) is 7.66. The van der Waals surface area contributed by atoms with E-state index < -0.39 is 0 Å². The third-order valence-corrected chi connectivity index (χ3v) is 4.69. The number of amides is 1. The molecule has 0 bridgehead atoms. The van der Waals surface area contributed by atoms with Crippen LogP contribution in [0.2, 0.25) is 0 Å². The van der Waals surface area contributed by atoms with Gasteiger partial charge in [-0.1, -0.05) is 26.0 Å². The summed E-state index contributed by atoms with van der Waals surface area (Å²) in [7, 11) is 0. The smallest absolute Gasteiger partial charge is 0.224 e. The van der Waals surface area contributed by atoms with Crippen molar-refractivity contribution in [3.8, 4) is 0 Å². The number of hydrogen-bond acceptors (Lipinski definition) is 3. The third kappa shape index (κ3) is 9.33. The highest BCUT2D eigenvalue weighted by molar-refractivity contribution is 14.0. The summed E-state index contributed by atoms with van der Waals surface area (Å²) >= 11 is 0. The molecule has 1 aliphatic rings. The number of nitrogens with one attached hydrogen (secondary N) is 2. The van der Waals surface area contributed by atoms with Crippen LogP contribution in [0.25, 0.3) is 0 Å². The number of ether oxygens (including phenoxy) is 1. The van der Waals surface area contributed by atoms with Gasteiger partial charge in [0.15, 0.2) is 5.96 Å². The van der Waals surface area contributed by atoms with Crippen molar-refractivity contribution >= 4 is 41.5 Å². The molecule has 1 aromatic rings. The molecule has 2 N–H and O–H groups in total. The van der Waals surface area contributed by atoms with Gasteiger partial charge in [-0.3, -0.25) is 4.79 Å². The van der Waals surface area contributed by atoms with Crippen LogP contribution in [0.5, 0.6) is 0 Å². The Kier molecular flexibility index (Phi) is 12.2. The number of anilines is 1. The van der Waals surface area contributed by atoms with Crippen LogP contribution >= 0.6 is 24.0 Å². The zero-order valence-electron chi connectivity index (χ0n) is 18.2. The van der Waals surface area contributed by atoms with Gasteiger partial charge < -0.3 is 20.3 Å². The first-order chi connectivity index (χ1) is 13.5. The van der Waals surface area contributed by atoms with E-state index in [1.165, 1.54) is 0 Å². The first-order valence-electron chi connectivity index (χ1n) is 10.6. The van der Waals surface area contributed by atoms with Crippen LogP contribution in [0.3, 0.4) is 0 Å². The van der Waals surface area contributed by atoms with Gasteiger partial charge in [-0.2, -0.15) is 0 Å². The average molecular weight is 516 g/mol. The van der Waals surface area contributed by atoms with Gasteiger partial charge in [-0.15, -0.1) is 24.0 Å². The summed E-state index contributed by atoms with van der Waals surface area (Å²) in [5, 5.41) is 6.38. The monoisotopic (exact) mass is 516 g/mol. The summed E-state index contributed by atoms with van der Waals surface area (Å²) in [5.74, 6) is 1.36. The predicted octanol–water partition coefficient (Wildman–Crippen LogP) is 4.26. The van der Waals surface area contributed by atoms with E-state index in [4.69, 9.17) is 9.73 Å². The molecular formula is C22H37IN4O2. The van der Waals surface area contributed by atoms with Gasteiger partial charge in [-0.25, -0.2) is 4.99 Å². The number of nitrogens with zero attached hydrogens (tertiary/aromatic N) is 2. The maximum absolute atomic E-state index is 12.0. The highest BCUT2D eigenvalue weighted by atomic mass is 127. The van der Waals surface area contributed by atoms with Crippen molar-refractivity contribution in [1.82, 2.24) is 10.2 Å². The summed E-state index contributed by atoms with van der Waals surface area (Å²) in [6, 6.07) is 7.95. The number of likely N-dealkylation sites (tertiary alicyclic amines) is 1. The molecule has 7 heteroatoms.